The SMILES string of the molecule is CC(CO)(CO)NS(=O)(=O)c1cc(Cl)sc1Cl. The Morgan fingerprint density at radius 2 is 1.94 bits per heavy atom. The number of halogens is 2. The predicted octanol–water partition coefficient (Wildman–Crippen LogP) is 1.08. The number of hydrogen-bond acceptors (Lipinski definition) is 5. The van der Waals surface area contributed by atoms with E-state index in [0.29, 0.717) is 0 Å². The van der Waals surface area contributed by atoms with Gasteiger partial charge in [0.05, 0.1) is 23.1 Å². The fourth-order valence-electron chi connectivity index (χ4n) is 1.00. The molecule has 0 spiro atoms. The molecule has 0 radical (unpaired) electrons. The molecule has 1 rings (SSSR count). The summed E-state index contributed by atoms with van der Waals surface area (Å²) in [6, 6.07) is 1.21. The van der Waals surface area contributed by atoms with Gasteiger partial charge in [-0.3, -0.25) is 0 Å². The summed E-state index contributed by atoms with van der Waals surface area (Å²) in [4.78, 5) is -0.165. The van der Waals surface area contributed by atoms with Crippen LogP contribution in [-0.4, -0.2) is 37.4 Å². The third-order valence-electron chi connectivity index (χ3n) is 1.99. The van der Waals surface area contributed by atoms with Gasteiger partial charge < -0.3 is 10.2 Å². The highest BCUT2D eigenvalue weighted by Crippen LogP contribution is 2.34. The molecule has 0 fully saturated rings. The van der Waals surface area contributed by atoms with Crippen LogP contribution < -0.4 is 4.72 Å². The number of thiophene rings is 1. The molecule has 5 nitrogen and oxygen atoms in total. The Hall–Kier alpha value is 0.110. The zero-order valence-electron chi connectivity index (χ0n) is 8.77. The van der Waals surface area contributed by atoms with Crippen molar-refractivity contribution in [1.82, 2.24) is 4.72 Å². The van der Waals surface area contributed by atoms with Crippen molar-refractivity contribution in [3.05, 3.63) is 14.7 Å². The zero-order chi connectivity index (χ0) is 13.3. The van der Waals surface area contributed by atoms with E-state index in [1.165, 1.54) is 13.0 Å². The van der Waals surface area contributed by atoms with E-state index in [2.05, 4.69) is 4.72 Å². The van der Waals surface area contributed by atoms with Crippen LogP contribution in [0.25, 0.3) is 0 Å². The number of rotatable bonds is 5. The van der Waals surface area contributed by atoms with Gasteiger partial charge in [-0.1, -0.05) is 23.2 Å². The quantitative estimate of drug-likeness (QED) is 0.758. The molecule has 0 aromatic carbocycles. The normalized spacial score (nSPS) is 13.0. The highest BCUT2D eigenvalue weighted by atomic mass is 35.5. The predicted molar refractivity (Wildman–Crippen MR) is 67.2 cm³/mol. The van der Waals surface area contributed by atoms with Gasteiger partial charge >= 0.3 is 0 Å². The van der Waals surface area contributed by atoms with Crippen LogP contribution in [0, 0.1) is 0 Å². The second-order valence-electron chi connectivity index (χ2n) is 3.67. The molecule has 0 bridgehead atoms. The minimum Gasteiger partial charge on any atom is -0.394 e. The average molecular weight is 320 g/mol. The fourth-order valence-corrected chi connectivity index (χ4v) is 4.54. The van der Waals surface area contributed by atoms with E-state index in [4.69, 9.17) is 33.4 Å². The standard InChI is InChI=1S/C8H11Cl2NO4S2/c1-8(3-12,4-13)11-17(14,15)5-2-6(9)16-7(5)10/h2,11-13H,3-4H2,1H3. The highest BCUT2D eigenvalue weighted by Gasteiger charge is 2.31. The largest absolute Gasteiger partial charge is 0.394 e. The van der Waals surface area contributed by atoms with Gasteiger partial charge in [0, 0.05) is 0 Å². The summed E-state index contributed by atoms with van der Waals surface area (Å²) in [5.41, 5.74) is -1.35. The third-order valence-corrected chi connectivity index (χ3v) is 5.39. The average Bonchev–Trinajstić information content (AvgIpc) is 2.58. The Kier molecular flexibility index (Phi) is 4.81. The van der Waals surface area contributed by atoms with Gasteiger partial charge in [0.1, 0.15) is 9.23 Å². The molecule has 0 amide bonds. The number of hydrogen-bond donors (Lipinski definition) is 3. The van der Waals surface area contributed by atoms with Crippen LogP contribution in [0.1, 0.15) is 6.92 Å². The number of sulfonamides is 1. The van der Waals surface area contributed by atoms with Crippen molar-refractivity contribution >= 4 is 44.6 Å². The van der Waals surface area contributed by atoms with E-state index in [1.54, 1.807) is 0 Å². The van der Waals surface area contributed by atoms with E-state index in [0.717, 1.165) is 11.3 Å². The van der Waals surface area contributed by atoms with Crippen molar-refractivity contribution in [3.8, 4) is 0 Å². The molecule has 1 aromatic heterocycles. The summed E-state index contributed by atoms with van der Waals surface area (Å²) in [6.45, 7) is 0.281. The second-order valence-corrected chi connectivity index (χ2v) is 7.61. The lowest BCUT2D eigenvalue weighted by Crippen LogP contribution is -2.51. The van der Waals surface area contributed by atoms with Gasteiger partial charge in [0.15, 0.2) is 0 Å². The maximum Gasteiger partial charge on any atom is 0.243 e. The van der Waals surface area contributed by atoms with Crippen LogP contribution in [0.3, 0.4) is 0 Å². The van der Waals surface area contributed by atoms with Crippen molar-refractivity contribution in [2.24, 2.45) is 0 Å². The molecule has 17 heavy (non-hydrogen) atoms. The minimum absolute atomic E-state index is 0.0285. The van der Waals surface area contributed by atoms with Crippen molar-refractivity contribution in [2.75, 3.05) is 13.2 Å². The van der Waals surface area contributed by atoms with E-state index in [1.807, 2.05) is 0 Å². The van der Waals surface area contributed by atoms with Gasteiger partial charge in [0.25, 0.3) is 0 Å². The Labute approximate surface area is 113 Å². The minimum atomic E-state index is -3.93. The molecule has 98 valence electrons. The molecule has 9 heteroatoms. The summed E-state index contributed by atoms with van der Waals surface area (Å²) in [7, 11) is -3.93. The molecule has 0 aliphatic heterocycles. The molecule has 0 aliphatic carbocycles. The molecule has 0 saturated heterocycles. The molecule has 0 unspecified atom stereocenters. The molecule has 1 heterocycles. The van der Waals surface area contributed by atoms with Crippen molar-refractivity contribution in [3.63, 3.8) is 0 Å². The van der Waals surface area contributed by atoms with Gasteiger partial charge in [-0.05, 0) is 13.0 Å². The molecule has 0 saturated carbocycles. The Balaban J connectivity index is 3.09. The number of aliphatic hydroxyl groups is 2. The fraction of sp³-hybridized carbons (Fsp3) is 0.500. The summed E-state index contributed by atoms with van der Waals surface area (Å²) < 4.78 is 26.3. The summed E-state index contributed by atoms with van der Waals surface area (Å²) in [5, 5.41) is 18.1. The van der Waals surface area contributed by atoms with Crippen LogP contribution in [0.5, 0.6) is 0 Å². The van der Waals surface area contributed by atoms with E-state index < -0.39 is 28.8 Å². The monoisotopic (exact) mass is 319 g/mol. The summed E-state index contributed by atoms with van der Waals surface area (Å²) in [6.07, 6.45) is 0. The van der Waals surface area contributed by atoms with E-state index in [9.17, 15) is 8.42 Å². The van der Waals surface area contributed by atoms with Crippen molar-refractivity contribution < 1.29 is 18.6 Å². The molecular formula is C8H11Cl2NO4S2. The first kappa shape index (κ1) is 15.2. The molecular weight excluding hydrogens is 309 g/mol. The van der Waals surface area contributed by atoms with Gasteiger partial charge in [-0.25, -0.2) is 13.1 Å². The molecule has 0 aliphatic rings. The van der Waals surface area contributed by atoms with E-state index >= 15 is 0 Å². The van der Waals surface area contributed by atoms with Crippen molar-refractivity contribution in [1.29, 1.82) is 0 Å². The number of aliphatic hydroxyl groups excluding tert-OH is 2. The lowest BCUT2D eigenvalue weighted by atomic mass is 10.1. The Morgan fingerprint density at radius 3 is 2.29 bits per heavy atom. The smallest absolute Gasteiger partial charge is 0.243 e. The Morgan fingerprint density at radius 1 is 1.41 bits per heavy atom. The molecule has 1 aromatic rings. The summed E-state index contributed by atoms with van der Waals surface area (Å²) >= 11 is 12.3. The first-order valence-corrected chi connectivity index (χ1v) is 7.50. The first-order chi connectivity index (χ1) is 7.74. The summed E-state index contributed by atoms with van der Waals surface area (Å²) in [5.74, 6) is 0. The lowest BCUT2D eigenvalue weighted by Gasteiger charge is -2.25. The van der Waals surface area contributed by atoms with Crippen LogP contribution >= 0.6 is 34.5 Å². The van der Waals surface area contributed by atoms with Crippen LogP contribution in [0.2, 0.25) is 8.67 Å². The third kappa shape index (κ3) is 3.54. The van der Waals surface area contributed by atoms with Crippen LogP contribution in [0.15, 0.2) is 11.0 Å². The van der Waals surface area contributed by atoms with E-state index in [-0.39, 0.29) is 13.6 Å². The van der Waals surface area contributed by atoms with Crippen molar-refractivity contribution in [2.45, 2.75) is 17.4 Å². The topological polar surface area (TPSA) is 86.6 Å². The van der Waals surface area contributed by atoms with Gasteiger partial charge in [-0.2, -0.15) is 0 Å². The van der Waals surface area contributed by atoms with Gasteiger partial charge in [-0.15, -0.1) is 11.3 Å². The lowest BCUT2D eigenvalue weighted by molar-refractivity contribution is 0.122. The second kappa shape index (κ2) is 5.40. The maximum absolute atomic E-state index is 11.9. The highest BCUT2D eigenvalue weighted by molar-refractivity contribution is 7.89. The number of nitrogens with one attached hydrogen (secondary N) is 1. The van der Waals surface area contributed by atoms with Crippen LogP contribution in [0.4, 0.5) is 0 Å². The molecule has 3 N–H and O–H groups in total. The maximum atomic E-state index is 11.9. The van der Waals surface area contributed by atoms with Gasteiger partial charge in [0.2, 0.25) is 10.0 Å². The zero-order valence-corrected chi connectivity index (χ0v) is 11.9. The Bertz CT molecular complexity index is 496. The van der Waals surface area contributed by atoms with Crippen LogP contribution in [-0.2, 0) is 10.0 Å². The first-order valence-electron chi connectivity index (χ1n) is 4.44. The molecule has 0 atom stereocenters.